The van der Waals surface area contributed by atoms with Crippen LogP contribution >= 0.6 is 0 Å². The summed E-state index contributed by atoms with van der Waals surface area (Å²) < 4.78 is 0. The molecule has 3 nitrogen and oxygen atoms in total. The number of aliphatic carboxylic acids is 1. The minimum absolute atomic E-state index is 0.0490. The second kappa shape index (κ2) is 5.70. The first-order valence-electron chi connectivity index (χ1n) is 7.27. The van der Waals surface area contributed by atoms with Crippen LogP contribution in [0.1, 0.15) is 24.1 Å². The van der Waals surface area contributed by atoms with Crippen molar-refractivity contribution >= 4 is 5.97 Å². The topological polar surface area (TPSA) is 40.5 Å². The molecule has 0 spiro atoms. The molecule has 108 valence electrons. The van der Waals surface area contributed by atoms with Gasteiger partial charge in [0.05, 0.1) is 12.0 Å². The molecule has 0 bridgehead atoms. The van der Waals surface area contributed by atoms with E-state index in [1.165, 1.54) is 11.1 Å². The van der Waals surface area contributed by atoms with Gasteiger partial charge >= 0.3 is 5.97 Å². The van der Waals surface area contributed by atoms with Crippen molar-refractivity contribution in [3.8, 4) is 0 Å². The monoisotopic (exact) mass is 281 g/mol. The summed E-state index contributed by atoms with van der Waals surface area (Å²) in [4.78, 5) is 13.5. The summed E-state index contributed by atoms with van der Waals surface area (Å²) in [6, 6.07) is 20.7. The SMILES string of the molecule is C[C@H]1[C@H](C(=O)O)CN1C(c1ccccc1)c1ccccc1. The normalized spacial score (nSPS) is 22.0. The molecule has 2 aromatic carbocycles. The van der Waals surface area contributed by atoms with Gasteiger partial charge in [-0.25, -0.2) is 0 Å². The van der Waals surface area contributed by atoms with Crippen LogP contribution in [0.3, 0.4) is 0 Å². The van der Waals surface area contributed by atoms with Crippen LogP contribution in [0.5, 0.6) is 0 Å². The first-order chi connectivity index (χ1) is 10.2. The fourth-order valence-electron chi connectivity index (χ4n) is 3.11. The number of carboxylic acid groups (broad SMARTS) is 1. The second-order valence-corrected chi connectivity index (χ2v) is 5.61. The Morgan fingerprint density at radius 2 is 1.52 bits per heavy atom. The summed E-state index contributed by atoms with van der Waals surface area (Å²) in [6.45, 7) is 2.60. The zero-order valence-corrected chi connectivity index (χ0v) is 12.0. The second-order valence-electron chi connectivity index (χ2n) is 5.61. The van der Waals surface area contributed by atoms with Crippen molar-refractivity contribution in [3.63, 3.8) is 0 Å². The molecule has 2 atom stereocenters. The van der Waals surface area contributed by atoms with Crippen LogP contribution in [0.25, 0.3) is 0 Å². The van der Waals surface area contributed by atoms with E-state index in [-0.39, 0.29) is 18.0 Å². The largest absolute Gasteiger partial charge is 0.481 e. The van der Waals surface area contributed by atoms with Gasteiger partial charge in [0.15, 0.2) is 0 Å². The van der Waals surface area contributed by atoms with Crippen LogP contribution < -0.4 is 0 Å². The lowest BCUT2D eigenvalue weighted by Crippen LogP contribution is -2.58. The summed E-state index contributed by atoms with van der Waals surface area (Å²) in [7, 11) is 0. The van der Waals surface area contributed by atoms with E-state index in [4.69, 9.17) is 0 Å². The van der Waals surface area contributed by atoms with Gasteiger partial charge in [0.2, 0.25) is 0 Å². The van der Waals surface area contributed by atoms with E-state index in [2.05, 4.69) is 29.2 Å². The highest BCUT2D eigenvalue weighted by Crippen LogP contribution is 2.38. The first kappa shape index (κ1) is 13.8. The lowest BCUT2D eigenvalue weighted by atomic mass is 9.84. The van der Waals surface area contributed by atoms with Gasteiger partial charge in [0.1, 0.15) is 0 Å². The van der Waals surface area contributed by atoms with Crippen LogP contribution in [0, 0.1) is 5.92 Å². The van der Waals surface area contributed by atoms with E-state index < -0.39 is 5.97 Å². The molecule has 1 N–H and O–H groups in total. The Balaban J connectivity index is 1.94. The van der Waals surface area contributed by atoms with Crippen LogP contribution in [0.2, 0.25) is 0 Å². The molecule has 1 aliphatic heterocycles. The number of nitrogens with zero attached hydrogens (tertiary/aromatic N) is 1. The van der Waals surface area contributed by atoms with Crippen molar-refractivity contribution in [2.45, 2.75) is 19.0 Å². The molecule has 1 heterocycles. The average molecular weight is 281 g/mol. The van der Waals surface area contributed by atoms with Crippen molar-refractivity contribution in [2.24, 2.45) is 5.92 Å². The van der Waals surface area contributed by atoms with Crippen LogP contribution in [-0.2, 0) is 4.79 Å². The molecular weight excluding hydrogens is 262 g/mol. The zero-order chi connectivity index (χ0) is 14.8. The van der Waals surface area contributed by atoms with Crippen LogP contribution in [0.15, 0.2) is 60.7 Å². The van der Waals surface area contributed by atoms with Crippen molar-refractivity contribution in [1.29, 1.82) is 0 Å². The molecule has 0 saturated carbocycles. The van der Waals surface area contributed by atoms with Crippen LogP contribution in [-0.4, -0.2) is 28.6 Å². The van der Waals surface area contributed by atoms with Crippen molar-refractivity contribution in [3.05, 3.63) is 71.8 Å². The summed E-state index contributed by atoms with van der Waals surface area (Å²) >= 11 is 0. The molecule has 3 rings (SSSR count). The summed E-state index contributed by atoms with van der Waals surface area (Å²) in [5, 5.41) is 9.22. The molecule has 2 aromatic rings. The van der Waals surface area contributed by atoms with E-state index in [9.17, 15) is 9.90 Å². The Bertz CT molecular complexity index is 572. The predicted octanol–water partition coefficient (Wildman–Crippen LogP) is 3.18. The van der Waals surface area contributed by atoms with E-state index in [1.54, 1.807) is 0 Å². The first-order valence-corrected chi connectivity index (χ1v) is 7.27. The van der Waals surface area contributed by atoms with Gasteiger partial charge in [0, 0.05) is 12.6 Å². The van der Waals surface area contributed by atoms with E-state index in [0.29, 0.717) is 6.54 Å². The predicted molar refractivity (Wildman–Crippen MR) is 82.0 cm³/mol. The Labute approximate surface area is 124 Å². The maximum Gasteiger partial charge on any atom is 0.309 e. The summed E-state index contributed by atoms with van der Waals surface area (Å²) in [6.07, 6.45) is 0. The van der Waals surface area contributed by atoms with Gasteiger partial charge in [-0.1, -0.05) is 60.7 Å². The number of likely N-dealkylation sites (tertiary alicyclic amines) is 1. The minimum Gasteiger partial charge on any atom is -0.481 e. The van der Waals surface area contributed by atoms with E-state index in [1.807, 2.05) is 43.3 Å². The third-order valence-electron chi connectivity index (χ3n) is 4.39. The van der Waals surface area contributed by atoms with Crippen molar-refractivity contribution in [2.75, 3.05) is 6.54 Å². The molecule has 1 aliphatic rings. The number of benzene rings is 2. The number of carbonyl (C=O) groups is 1. The molecule has 21 heavy (non-hydrogen) atoms. The zero-order valence-electron chi connectivity index (χ0n) is 12.0. The number of hydrogen-bond acceptors (Lipinski definition) is 2. The van der Waals surface area contributed by atoms with Crippen molar-refractivity contribution in [1.82, 2.24) is 4.90 Å². The van der Waals surface area contributed by atoms with E-state index in [0.717, 1.165) is 0 Å². The van der Waals surface area contributed by atoms with Gasteiger partial charge < -0.3 is 5.11 Å². The maximum absolute atomic E-state index is 11.2. The molecule has 1 saturated heterocycles. The molecule has 1 fully saturated rings. The average Bonchev–Trinajstić information content (AvgIpc) is 2.51. The summed E-state index contributed by atoms with van der Waals surface area (Å²) in [5.41, 5.74) is 2.42. The van der Waals surface area contributed by atoms with Gasteiger partial charge in [-0.2, -0.15) is 0 Å². The minimum atomic E-state index is -0.696. The Hall–Kier alpha value is -2.13. The summed E-state index contributed by atoms with van der Waals surface area (Å²) in [5.74, 6) is -0.960. The molecule has 0 aromatic heterocycles. The third kappa shape index (κ3) is 2.57. The molecule has 0 amide bonds. The molecule has 0 unspecified atom stereocenters. The molecule has 0 aliphatic carbocycles. The Morgan fingerprint density at radius 3 is 1.90 bits per heavy atom. The Kier molecular flexibility index (Phi) is 3.76. The highest BCUT2D eigenvalue weighted by atomic mass is 16.4. The lowest BCUT2D eigenvalue weighted by molar-refractivity contribution is -0.153. The number of rotatable bonds is 4. The quantitative estimate of drug-likeness (QED) is 0.935. The third-order valence-corrected chi connectivity index (χ3v) is 4.39. The van der Waals surface area contributed by atoms with Crippen LogP contribution in [0.4, 0.5) is 0 Å². The number of carboxylic acids is 1. The number of hydrogen-bond donors (Lipinski definition) is 1. The van der Waals surface area contributed by atoms with Crippen molar-refractivity contribution < 1.29 is 9.90 Å². The maximum atomic E-state index is 11.2. The molecular formula is C18H19NO2. The van der Waals surface area contributed by atoms with Gasteiger partial charge in [-0.3, -0.25) is 9.69 Å². The smallest absolute Gasteiger partial charge is 0.309 e. The highest BCUT2D eigenvalue weighted by Gasteiger charge is 2.44. The fraction of sp³-hybridized carbons (Fsp3) is 0.278. The van der Waals surface area contributed by atoms with Gasteiger partial charge in [-0.05, 0) is 18.1 Å². The fourth-order valence-corrected chi connectivity index (χ4v) is 3.11. The van der Waals surface area contributed by atoms with E-state index >= 15 is 0 Å². The standard InChI is InChI=1S/C18H19NO2/c1-13-16(18(20)21)12-19(13)17(14-8-4-2-5-9-14)15-10-6-3-7-11-15/h2-11,13,16-17H,12H2,1H3,(H,20,21)/t13-,16+/m0/s1. The molecule has 3 heteroatoms. The lowest BCUT2D eigenvalue weighted by Gasteiger charge is -2.49. The Morgan fingerprint density at radius 1 is 1.05 bits per heavy atom. The van der Waals surface area contributed by atoms with Gasteiger partial charge in [-0.15, -0.1) is 0 Å². The highest BCUT2D eigenvalue weighted by molar-refractivity contribution is 5.72. The van der Waals surface area contributed by atoms with Gasteiger partial charge in [0.25, 0.3) is 0 Å². The molecule has 0 radical (unpaired) electrons.